The SMILES string of the molecule is O=C(NC[C@H](O)C(=O)O)Nc1ccc(F)c(Cl)c1. The van der Waals surface area contributed by atoms with E-state index in [2.05, 4.69) is 10.6 Å². The first-order chi connectivity index (χ1) is 8.40. The summed E-state index contributed by atoms with van der Waals surface area (Å²) in [5.74, 6) is -2.07. The van der Waals surface area contributed by atoms with E-state index < -0.39 is 30.5 Å². The molecule has 1 atom stereocenters. The van der Waals surface area contributed by atoms with E-state index >= 15 is 0 Å². The lowest BCUT2D eigenvalue weighted by molar-refractivity contribution is -0.146. The summed E-state index contributed by atoms with van der Waals surface area (Å²) >= 11 is 5.50. The lowest BCUT2D eigenvalue weighted by atomic mass is 10.3. The highest BCUT2D eigenvalue weighted by atomic mass is 35.5. The van der Waals surface area contributed by atoms with Gasteiger partial charge in [-0.2, -0.15) is 0 Å². The highest BCUT2D eigenvalue weighted by molar-refractivity contribution is 6.31. The van der Waals surface area contributed by atoms with Crippen LogP contribution in [0, 0.1) is 5.82 Å². The Morgan fingerprint density at radius 2 is 2.11 bits per heavy atom. The number of anilines is 1. The number of amides is 2. The van der Waals surface area contributed by atoms with Crippen molar-refractivity contribution in [3.63, 3.8) is 0 Å². The Hall–Kier alpha value is -1.86. The van der Waals surface area contributed by atoms with E-state index in [1.165, 1.54) is 12.1 Å². The number of carboxylic acids is 1. The first-order valence-electron chi connectivity index (χ1n) is 4.81. The maximum atomic E-state index is 12.8. The molecule has 0 unspecified atom stereocenters. The summed E-state index contributed by atoms with van der Waals surface area (Å²) in [5.41, 5.74) is 0.240. The third-order valence-corrected chi connectivity index (χ3v) is 2.21. The molecule has 0 aliphatic carbocycles. The maximum absolute atomic E-state index is 12.8. The number of carbonyl (C=O) groups is 2. The van der Waals surface area contributed by atoms with Crippen LogP contribution >= 0.6 is 11.6 Å². The van der Waals surface area contributed by atoms with Crippen molar-refractivity contribution >= 4 is 29.3 Å². The fraction of sp³-hybridized carbons (Fsp3) is 0.200. The van der Waals surface area contributed by atoms with E-state index in [1.54, 1.807) is 0 Å². The Morgan fingerprint density at radius 1 is 1.44 bits per heavy atom. The maximum Gasteiger partial charge on any atom is 0.334 e. The van der Waals surface area contributed by atoms with Gasteiger partial charge in [-0.15, -0.1) is 0 Å². The van der Waals surface area contributed by atoms with Crippen LogP contribution in [0.4, 0.5) is 14.9 Å². The van der Waals surface area contributed by atoms with Crippen molar-refractivity contribution in [3.8, 4) is 0 Å². The van der Waals surface area contributed by atoms with Gasteiger partial charge in [-0.3, -0.25) is 0 Å². The number of hydrogen-bond donors (Lipinski definition) is 4. The molecule has 18 heavy (non-hydrogen) atoms. The number of rotatable bonds is 4. The van der Waals surface area contributed by atoms with Crippen LogP contribution in [0.1, 0.15) is 0 Å². The number of aliphatic hydroxyl groups excluding tert-OH is 1. The summed E-state index contributed by atoms with van der Waals surface area (Å²) in [6.45, 7) is -0.448. The second kappa shape index (κ2) is 6.18. The zero-order valence-electron chi connectivity index (χ0n) is 8.98. The van der Waals surface area contributed by atoms with Crippen LogP contribution in [0.5, 0.6) is 0 Å². The quantitative estimate of drug-likeness (QED) is 0.660. The molecule has 0 fully saturated rings. The molecule has 0 aliphatic rings. The molecule has 0 radical (unpaired) electrons. The van der Waals surface area contributed by atoms with Crippen LogP contribution < -0.4 is 10.6 Å². The van der Waals surface area contributed by atoms with Crippen molar-refractivity contribution in [3.05, 3.63) is 29.0 Å². The third-order valence-electron chi connectivity index (χ3n) is 1.92. The topological polar surface area (TPSA) is 98.7 Å². The van der Waals surface area contributed by atoms with Gasteiger partial charge in [-0.25, -0.2) is 14.0 Å². The Labute approximate surface area is 106 Å². The predicted molar refractivity (Wildman–Crippen MR) is 62.1 cm³/mol. The number of aliphatic hydroxyl groups is 1. The molecule has 4 N–H and O–H groups in total. The summed E-state index contributed by atoms with van der Waals surface area (Å²) in [7, 11) is 0. The van der Waals surface area contributed by atoms with Gasteiger partial charge in [0.15, 0.2) is 6.10 Å². The van der Waals surface area contributed by atoms with Crippen molar-refractivity contribution in [1.82, 2.24) is 5.32 Å². The lowest BCUT2D eigenvalue weighted by Gasteiger charge is -2.09. The predicted octanol–water partition coefficient (Wildman–Crippen LogP) is 1.05. The summed E-state index contributed by atoms with van der Waals surface area (Å²) in [4.78, 5) is 21.5. The van der Waals surface area contributed by atoms with Gasteiger partial charge in [0.05, 0.1) is 11.6 Å². The minimum atomic E-state index is -1.69. The number of benzene rings is 1. The Balaban J connectivity index is 2.49. The van der Waals surface area contributed by atoms with Crippen molar-refractivity contribution in [2.75, 3.05) is 11.9 Å². The molecule has 98 valence electrons. The fourth-order valence-electron chi connectivity index (χ4n) is 1.03. The van der Waals surface area contributed by atoms with Gasteiger partial charge in [0, 0.05) is 5.69 Å². The van der Waals surface area contributed by atoms with Crippen LogP contribution in [0.25, 0.3) is 0 Å². The van der Waals surface area contributed by atoms with Gasteiger partial charge < -0.3 is 20.8 Å². The molecule has 0 aliphatic heterocycles. The molecule has 1 aromatic rings. The van der Waals surface area contributed by atoms with Crippen molar-refractivity contribution < 1.29 is 24.2 Å². The zero-order chi connectivity index (χ0) is 13.7. The highest BCUT2D eigenvalue weighted by Crippen LogP contribution is 2.19. The second-order valence-corrected chi connectivity index (χ2v) is 3.73. The number of nitrogens with one attached hydrogen (secondary N) is 2. The highest BCUT2D eigenvalue weighted by Gasteiger charge is 2.14. The summed E-state index contributed by atoms with van der Waals surface area (Å²) in [5, 5.41) is 21.6. The Bertz CT molecular complexity index is 469. The zero-order valence-corrected chi connectivity index (χ0v) is 9.74. The first-order valence-corrected chi connectivity index (χ1v) is 5.18. The Morgan fingerprint density at radius 3 is 2.67 bits per heavy atom. The van der Waals surface area contributed by atoms with Crippen LogP contribution in [-0.4, -0.2) is 34.9 Å². The smallest absolute Gasteiger partial charge is 0.334 e. The third kappa shape index (κ3) is 4.19. The molecule has 0 saturated heterocycles. The van der Waals surface area contributed by atoms with E-state index in [4.69, 9.17) is 21.8 Å². The molecule has 0 heterocycles. The molecule has 0 bridgehead atoms. The molecule has 1 aromatic carbocycles. The van der Waals surface area contributed by atoms with Gasteiger partial charge in [0.2, 0.25) is 0 Å². The lowest BCUT2D eigenvalue weighted by Crippen LogP contribution is -2.38. The molecular weight excluding hydrogens is 267 g/mol. The van der Waals surface area contributed by atoms with Crippen LogP contribution in [0.2, 0.25) is 5.02 Å². The van der Waals surface area contributed by atoms with E-state index in [-0.39, 0.29) is 10.7 Å². The molecule has 2 amide bonds. The standard InChI is InChI=1S/C10H10ClFN2O4/c11-6-3-5(1-2-7(6)12)14-10(18)13-4-8(15)9(16)17/h1-3,8,15H,4H2,(H,16,17)(H2,13,14,18)/t8-/m0/s1. The van der Waals surface area contributed by atoms with Crippen molar-refractivity contribution in [1.29, 1.82) is 0 Å². The summed E-state index contributed by atoms with van der Waals surface area (Å²) < 4.78 is 12.8. The van der Waals surface area contributed by atoms with E-state index in [0.717, 1.165) is 6.07 Å². The molecule has 0 aromatic heterocycles. The molecule has 1 rings (SSSR count). The van der Waals surface area contributed by atoms with Gasteiger partial charge in [-0.1, -0.05) is 11.6 Å². The van der Waals surface area contributed by atoms with E-state index in [0.29, 0.717) is 0 Å². The van der Waals surface area contributed by atoms with Crippen molar-refractivity contribution in [2.24, 2.45) is 0 Å². The summed E-state index contributed by atoms with van der Waals surface area (Å²) in [6.07, 6.45) is -1.69. The summed E-state index contributed by atoms with van der Waals surface area (Å²) in [6, 6.07) is 2.82. The number of urea groups is 1. The van der Waals surface area contributed by atoms with Crippen LogP contribution in [-0.2, 0) is 4.79 Å². The number of halogens is 2. The normalized spacial score (nSPS) is 11.7. The monoisotopic (exact) mass is 276 g/mol. The van der Waals surface area contributed by atoms with Crippen LogP contribution in [0.15, 0.2) is 18.2 Å². The van der Waals surface area contributed by atoms with E-state index in [1.807, 2.05) is 0 Å². The minimum absolute atomic E-state index is 0.154. The number of carboxylic acid groups (broad SMARTS) is 1. The number of carbonyl (C=O) groups excluding carboxylic acids is 1. The van der Waals surface area contributed by atoms with Crippen LogP contribution in [0.3, 0.4) is 0 Å². The van der Waals surface area contributed by atoms with Gasteiger partial charge in [0.25, 0.3) is 0 Å². The van der Waals surface area contributed by atoms with Gasteiger partial charge >= 0.3 is 12.0 Å². The average Bonchev–Trinajstić information content (AvgIpc) is 2.30. The fourth-order valence-corrected chi connectivity index (χ4v) is 1.21. The van der Waals surface area contributed by atoms with Gasteiger partial charge in [0.1, 0.15) is 5.82 Å². The van der Waals surface area contributed by atoms with Crippen molar-refractivity contribution in [2.45, 2.75) is 6.10 Å². The second-order valence-electron chi connectivity index (χ2n) is 3.32. The molecular formula is C10H10ClFN2O4. The molecule has 0 saturated carbocycles. The molecule has 0 spiro atoms. The first kappa shape index (κ1) is 14.2. The molecule has 6 nitrogen and oxygen atoms in total. The number of aliphatic carboxylic acids is 1. The minimum Gasteiger partial charge on any atom is -0.479 e. The molecule has 8 heteroatoms. The number of hydrogen-bond acceptors (Lipinski definition) is 3. The Kier molecular flexibility index (Phi) is 4.87. The van der Waals surface area contributed by atoms with E-state index in [9.17, 15) is 14.0 Å². The largest absolute Gasteiger partial charge is 0.479 e. The average molecular weight is 277 g/mol. The van der Waals surface area contributed by atoms with Gasteiger partial charge in [-0.05, 0) is 18.2 Å².